The second kappa shape index (κ2) is 44.3. The van der Waals surface area contributed by atoms with Gasteiger partial charge >= 0.3 is 18.9 Å². The van der Waals surface area contributed by atoms with Gasteiger partial charge in [0.25, 0.3) is 71.1 Å². The number of alkyl halides is 9. The smallest absolute Gasteiger partial charge is 0.406 e. The highest BCUT2D eigenvalue weighted by atomic mass is 19.4. The molecule has 9 N–H and O–H groups in total. The summed E-state index contributed by atoms with van der Waals surface area (Å²) in [6, 6.07) is 63.2. The van der Waals surface area contributed by atoms with Crippen molar-refractivity contribution in [2.24, 2.45) is 10.2 Å². The van der Waals surface area contributed by atoms with E-state index in [4.69, 9.17) is 15.6 Å². The molecule has 0 aliphatic carbocycles. The molecule has 16 aromatic rings. The van der Waals surface area contributed by atoms with Gasteiger partial charge in [0.05, 0.1) is 34.5 Å². The largest absolute Gasteiger partial charge is 0.573 e. The lowest BCUT2D eigenvalue weighted by molar-refractivity contribution is -0.275. The Balaban J connectivity index is 0.000000160. The minimum Gasteiger partial charge on any atom is -0.406 e. The molecule has 0 unspecified atom stereocenters. The molecular weight excluding hydrogens is 1910 g/mol. The highest BCUT2D eigenvalue weighted by molar-refractivity contribution is 6.09. The summed E-state index contributed by atoms with van der Waals surface area (Å²) in [6.07, 6.45) is -13.0. The number of aromatic nitrogens is 13. The summed E-state index contributed by atoms with van der Waals surface area (Å²) in [7, 11) is 0. The fraction of sp³-hybridized carbons (Fsp3) is 0.0659. The van der Waals surface area contributed by atoms with Gasteiger partial charge in [0.2, 0.25) is 40.3 Å². The number of halogens is 14. The molecule has 143 heavy (non-hydrogen) atoms. The van der Waals surface area contributed by atoms with Crippen LogP contribution < -0.4 is 56.9 Å². The van der Waals surface area contributed by atoms with Crippen LogP contribution in [0.3, 0.4) is 0 Å². The maximum atomic E-state index is 14.0. The van der Waals surface area contributed by atoms with Crippen LogP contribution in [0.2, 0.25) is 0 Å². The standard InChI is InChI=1S/2C24H17F3N8O3.C22H12F5N5O2.C21H15F3N6O3/c1-14-5-2-3-8-19(14)21(37)30-23-31-22(29-20(36)15-6-4-7-16(13-15)32-34-28)33-35(23)17-9-11-18(12-10-17)38-24(25,26)27;1-14-4-2-3-5-19(14)21(37)30-23-31-22(29-20(36)15-6-8-16(9-7-15)32-34-28)33-35(23)17-10-12-18(13-11-17)38-24(25,26)27;23-14-13(15(24)17(26)18(27)16(14)25)20(34)28-21-30-22(29-19(33)11-7-3-1-4-8-11)32(31-21)12-9-5-2-6-10-12;1-12-4-2-3-5-15(12)17(31)26-19-28-20(27-18(32)16-10-11-25-33-16)30(29-19)14-8-6-13(7-9-14)21(22,23)24/h2-13,28H,1H3,(H-,29,30,31,33,36,37);2-13H,1H3,(H2,29,30,31,33,36,37);1-10H,(H2,28,29,30,31,33,34);2-11H,1H3,(H2,26,27,28,29,31,32)/p+1. The number of carbonyl (C=O) groups is 8. The van der Waals surface area contributed by atoms with E-state index >= 15 is 0 Å². The van der Waals surface area contributed by atoms with E-state index in [1.54, 1.807) is 154 Å². The quantitative estimate of drug-likeness (QED) is 0.00677. The molecule has 16 rings (SSSR count). The number of nitrogens with zero attached hydrogens (tertiary/aromatic N) is 18. The predicted molar refractivity (Wildman–Crippen MR) is 479 cm³/mol. The Morgan fingerprint density at radius 2 is 0.699 bits per heavy atom. The van der Waals surface area contributed by atoms with Crippen molar-refractivity contribution in [2.45, 2.75) is 39.7 Å². The summed E-state index contributed by atoms with van der Waals surface area (Å²) >= 11 is 0. The summed E-state index contributed by atoms with van der Waals surface area (Å²) in [6.45, 7) is 5.25. The molecule has 5 heterocycles. The third kappa shape index (κ3) is 26.1. The summed E-state index contributed by atoms with van der Waals surface area (Å²) in [4.78, 5) is 123. The summed E-state index contributed by atoms with van der Waals surface area (Å²) < 4.78 is 199. The number of carbonyl (C=O) groups excluding carboxylic acids is 8. The Kier molecular flexibility index (Phi) is 31.2. The Morgan fingerprint density at radius 3 is 1.10 bits per heavy atom. The van der Waals surface area contributed by atoms with Gasteiger partial charge in [0.15, 0.2) is 34.1 Å². The number of ether oxygens (including phenoxy) is 2. The molecule has 0 aliphatic rings. The van der Waals surface area contributed by atoms with Gasteiger partial charge in [-0.2, -0.15) is 51.8 Å². The molecule has 0 spiro atoms. The molecule has 0 radical (unpaired) electrons. The van der Waals surface area contributed by atoms with E-state index in [9.17, 15) is 99.8 Å². The van der Waals surface area contributed by atoms with Crippen molar-refractivity contribution in [1.29, 1.82) is 5.53 Å². The van der Waals surface area contributed by atoms with E-state index in [2.05, 4.69) is 112 Å². The Hall–Kier alpha value is -19.8. The van der Waals surface area contributed by atoms with Gasteiger partial charge in [-0.1, -0.05) is 119 Å². The molecule has 0 saturated heterocycles. The molecule has 724 valence electrons. The van der Waals surface area contributed by atoms with Crippen LogP contribution in [0.25, 0.3) is 33.2 Å². The minimum absolute atomic E-state index is 0.100. The predicted octanol–water partition coefficient (Wildman–Crippen LogP) is 19.6. The molecular formula is C91H62F14N27O11+. The highest BCUT2D eigenvalue weighted by Crippen LogP contribution is 2.34. The van der Waals surface area contributed by atoms with Crippen molar-refractivity contribution in [3.63, 3.8) is 0 Å². The monoisotopic (exact) mass is 1970 g/mol. The molecule has 0 saturated carbocycles. The van der Waals surface area contributed by atoms with Gasteiger partial charge in [-0.05, 0) is 189 Å². The van der Waals surface area contributed by atoms with Crippen LogP contribution in [0.5, 0.6) is 11.5 Å². The van der Waals surface area contributed by atoms with Crippen molar-refractivity contribution < 1.29 is 114 Å². The highest BCUT2D eigenvalue weighted by Gasteiger charge is 2.36. The van der Waals surface area contributed by atoms with Gasteiger partial charge in [-0.15, -0.1) is 46.7 Å². The number of anilines is 8. The van der Waals surface area contributed by atoms with Gasteiger partial charge in [-0.25, -0.2) is 22.0 Å². The fourth-order valence-electron chi connectivity index (χ4n) is 12.5. The number of para-hydroxylation sites is 1. The molecule has 38 nitrogen and oxygen atoms in total. The van der Waals surface area contributed by atoms with E-state index in [1.165, 1.54) is 85.1 Å². The van der Waals surface area contributed by atoms with Crippen LogP contribution in [0.15, 0.2) is 282 Å². The maximum absolute atomic E-state index is 14.0. The molecule has 11 aromatic carbocycles. The third-order valence-electron chi connectivity index (χ3n) is 19.2. The van der Waals surface area contributed by atoms with E-state index in [0.29, 0.717) is 39.2 Å². The summed E-state index contributed by atoms with van der Waals surface area (Å²) in [5.41, 5.74) is 18.2. The van der Waals surface area contributed by atoms with Crippen molar-refractivity contribution in [3.05, 3.63) is 374 Å². The first kappa shape index (κ1) is 101. The van der Waals surface area contributed by atoms with E-state index < -0.39 is 124 Å². The summed E-state index contributed by atoms with van der Waals surface area (Å²) in [5, 5.41) is 46.5. The fourth-order valence-corrected chi connectivity index (χ4v) is 12.5. The zero-order valence-corrected chi connectivity index (χ0v) is 72.7. The number of benzene rings is 11. The average molecular weight is 1980 g/mol. The van der Waals surface area contributed by atoms with E-state index in [0.717, 1.165) is 72.8 Å². The first-order chi connectivity index (χ1) is 68.2. The third-order valence-corrected chi connectivity index (χ3v) is 19.2. The van der Waals surface area contributed by atoms with Crippen LogP contribution in [-0.4, -0.2) is 124 Å². The Bertz CT molecular complexity index is 7500. The van der Waals surface area contributed by atoms with Crippen molar-refractivity contribution >= 4 is 106 Å². The second-order valence-corrected chi connectivity index (χ2v) is 28.9. The topological polar surface area (TPSA) is 499 Å². The molecule has 52 heteroatoms. The van der Waals surface area contributed by atoms with Gasteiger partial charge < -0.3 is 14.0 Å². The lowest BCUT2D eigenvalue weighted by Gasteiger charge is -2.11. The van der Waals surface area contributed by atoms with E-state index in [1.807, 2.05) is 5.32 Å². The molecule has 8 amide bonds. The molecule has 0 fully saturated rings. The van der Waals surface area contributed by atoms with Crippen molar-refractivity contribution in [3.8, 4) is 34.2 Å². The van der Waals surface area contributed by atoms with E-state index in [-0.39, 0.29) is 86.8 Å². The lowest BCUT2D eigenvalue weighted by Crippen LogP contribution is -2.20. The first-order valence-electron chi connectivity index (χ1n) is 40.6. The molecule has 0 atom stereocenters. The number of hydrogen-bond donors (Lipinski definition) is 9. The molecule has 0 bridgehead atoms. The minimum atomic E-state index is -4.86. The maximum Gasteiger partial charge on any atom is 0.573 e. The van der Waals surface area contributed by atoms with Crippen molar-refractivity contribution in [2.75, 3.05) is 42.5 Å². The number of azide groups is 1. The van der Waals surface area contributed by atoms with Crippen LogP contribution in [0.1, 0.15) is 105 Å². The number of rotatable bonds is 24. The van der Waals surface area contributed by atoms with Gasteiger partial charge in [0, 0.05) is 50.0 Å². The molecule has 0 aliphatic heterocycles. The lowest BCUT2D eigenvalue weighted by atomic mass is 10.1. The van der Waals surface area contributed by atoms with Crippen LogP contribution in [-0.2, 0) is 6.18 Å². The zero-order chi connectivity index (χ0) is 103. The van der Waals surface area contributed by atoms with Gasteiger partial charge in [-0.3, -0.25) is 80.9 Å². The number of aryl methyl sites for hydroxylation is 3. The Labute approximate surface area is 791 Å². The van der Waals surface area contributed by atoms with Crippen molar-refractivity contribution in [1.82, 2.24) is 69.1 Å². The number of nitrogens with one attached hydrogen (secondary N) is 9. The number of hydrogen-bond acceptors (Lipinski definition) is 23. The summed E-state index contributed by atoms with van der Waals surface area (Å²) in [5.74, 6) is -20.0. The van der Waals surface area contributed by atoms with Crippen LogP contribution in [0.4, 0.5) is 120 Å². The zero-order valence-electron chi connectivity index (χ0n) is 72.7. The second-order valence-electron chi connectivity index (χ2n) is 28.9. The molecule has 5 aromatic heterocycles. The van der Waals surface area contributed by atoms with Gasteiger partial charge in [0.1, 0.15) is 22.6 Å². The SMILES string of the molecule is Cc1ccccc1C(=O)Nc1nc(NC(=O)c2ccc(N=[N+]=[N-])cc2)nn1-c1ccc(OC(F)(F)F)cc1.Cc1ccccc1C(=O)Nc1nc(NC(=O)c2cccc(N=[N+]=N)c2)nn1-c1ccc(OC(F)(F)F)cc1.Cc1ccccc1C(=O)Nc1nc(NC(=O)c2ccno2)n(-c2ccc(C(F)(F)F)cc2)n1.O=C(Nc1nc(NC(=O)c2c(F)c(F)c(F)c(F)c2F)nn1-c1ccccc1)c1ccccc1. The van der Waals surface area contributed by atoms with Crippen LogP contribution >= 0.6 is 0 Å². The number of amides is 8. The van der Waals surface area contributed by atoms with Crippen LogP contribution in [0, 0.1) is 55.4 Å². The average Bonchev–Trinajstić information content (AvgIpc) is 1.46. The Morgan fingerprint density at radius 1 is 0.357 bits per heavy atom. The normalized spacial score (nSPS) is 10.9. The first-order valence-corrected chi connectivity index (χ1v) is 40.6.